The summed E-state index contributed by atoms with van der Waals surface area (Å²) in [6.07, 6.45) is 2.78. The lowest BCUT2D eigenvalue weighted by atomic mass is 10.3. The third-order valence-electron chi connectivity index (χ3n) is 2.44. The number of sulfonamides is 1. The summed E-state index contributed by atoms with van der Waals surface area (Å²) in [6.45, 7) is 6.97. The molecule has 0 aliphatic heterocycles. The summed E-state index contributed by atoms with van der Waals surface area (Å²) in [6, 6.07) is 1.02. The van der Waals surface area contributed by atoms with E-state index in [1.54, 1.807) is 0 Å². The van der Waals surface area contributed by atoms with Crippen LogP contribution in [0.5, 0.6) is 0 Å². The molecule has 8 heteroatoms. The molecule has 110 valence electrons. The van der Waals surface area contributed by atoms with Crippen LogP contribution in [0.1, 0.15) is 0 Å². The van der Waals surface area contributed by atoms with E-state index in [4.69, 9.17) is 17.3 Å². The highest BCUT2D eigenvalue weighted by molar-refractivity contribution is 9.10. The lowest BCUT2D eigenvalue weighted by Gasteiger charge is -2.20. The Morgan fingerprint density at radius 1 is 1.40 bits per heavy atom. The molecule has 0 spiro atoms. The van der Waals surface area contributed by atoms with Gasteiger partial charge in [-0.25, -0.2) is 12.8 Å². The Balaban J connectivity index is 3.48. The molecule has 1 rings (SSSR count). The number of halogens is 3. The van der Waals surface area contributed by atoms with Crippen LogP contribution < -0.4 is 5.73 Å². The predicted molar refractivity (Wildman–Crippen MR) is 82.7 cm³/mol. The second-order valence-corrected chi connectivity index (χ2v) is 6.90. The summed E-state index contributed by atoms with van der Waals surface area (Å²) in [5.41, 5.74) is 5.15. The summed E-state index contributed by atoms with van der Waals surface area (Å²) in [5.74, 6) is -1.04. The molecule has 0 atom stereocenters. The molecule has 0 aliphatic rings. The standard InChI is InChI=1S/C12H13BrClFN2O2S/c1-3-5-17(6-4-2)20(18,19)9-7-8(14)10(13)12(16)11(9)15/h3-4,7H,1-2,5-6,16H2. The fourth-order valence-corrected chi connectivity index (χ4v) is 3.53. The van der Waals surface area contributed by atoms with E-state index in [1.807, 2.05) is 0 Å². The van der Waals surface area contributed by atoms with Gasteiger partial charge in [-0.15, -0.1) is 13.2 Å². The molecule has 0 bridgehead atoms. The van der Waals surface area contributed by atoms with Crippen LogP contribution in [0.15, 0.2) is 40.7 Å². The zero-order chi connectivity index (χ0) is 15.5. The van der Waals surface area contributed by atoms with E-state index < -0.39 is 20.7 Å². The first kappa shape index (κ1) is 17.2. The van der Waals surface area contributed by atoms with Crippen LogP contribution in [0.2, 0.25) is 5.02 Å². The van der Waals surface area contributed by atoms with Gasteiger partial charge in [0, 0.05) is 13.1 Å². The number of hydrogen-bond acceptors (Lipinski definition) is 3. The molecule has 0 aromatic heterocycles. The Morgan fingerprint density at radius 2 is 1.90 bits per heavy atom. The molecule has 1 aromatic carbocycles. The Hall–Kier alpha value is -0.890. The third-order valence-corrected chi connectivity index (χ3v) is 5.65. The van der Waals surface area contributed by atoms with Gasteiger partial charge in [0.1, 0.15) is 4.90 Å². The van der Waals surface area contributed by atoms with Gasteiger partial charge in [0.15, 0.2) is 5.82 Å². The lowest BCUT2D eigenvalue weighted by molar-refractivity contribution is 0.467. The SMILES string of the molecule is C=CCN(CC=C)S(=O)(=O)c1cc(Cl)c(Br)c(N)c1F. The van der Waals surface area contributed by atoms with Gasteiger partial charge in [0.2, 0.25) is 10.0 Å². The second-order valence-electron chi connectivity index (χ2n) is 3.80. The first-order valence-corrected chi connectivity index (χ1v) is 8.03. The summed E-state index contributed by atoms with van der Waals surface area (Å²) >= 11 is 8.83. The molecular weight excluding hydrogens is 371 g/mol. The highest BCUT2D eigenvalue weighted by Crippen LogP contribution is 2.35. The highest BCUT2D eigenvalue weighted by Gasteiger charge is 2.28. The van der Waals surface area contributed by atoms with Crippen LogP contribution in [-0.2, 0) is 10.0 Å². The van der Waals surface area contributed by atoms with E-state index in [9.17, 15) is 12.8 Å². The normalized spacial score (nSPS) is 11.6. The predicted octanol–water partition coefficient (Wildman–Crippen LogP) is 3.19. The molecule has 2 N–H and O–H groups in total. The van der Waals surface area contributed by atoms with Crippen molar-refractivity contribution in [3.05, 3.63) is 46.7 Å². The number of anilines is 1. The summed E-state index contributed by atoms with van der Waals surface area (Å²) in [7, 11) is -4.09. The summed E-state index contributed by atoms with van der Waals surface area (Å²) in [5, 5.41) is 0.0135. The molecule has 1 aromatic rings. The molecule has 0 heterocycles. The van der Waals surface area contributed by atoms with Crippen molar-refractivity contribution in [2.45, 2.75) is 4.90 Å². The molecular formula is C12H13BrClFN2O2S. The molecule has 0 amide bonds. The maximum absolute atomic E-state index is 14.1. The Bertz CT molecular complexity index is 639. The number of benzene rings is 1. The van der Waals surface area contributed by atoms with Crippen molar-refractivity contribution >= 4 is 43.2 Å². The quantitative estimate of drug-likeness (QED) is 0.466. The van der Waals surface area contributed by atoms with Crippen molar-refractivity contribution in [1.29, 1.82) is 0 Å². The lowest BCUT2D eigenvalue weighted by Crippen LogP contribution is -2.32. The van der Waals surface area contributed by atoms with Crippen LogP contribution in [0, 0.1) is 5.82 Å². The minimum Gasteiger partial charge on any atom is -0.395 e. The van der Waals surface area contributed by atoms with E-state index in [0.717, 1.165) is 10.4 Å². The fourth-order valence-electron chi connectivity index (χ4n) is 1.49. The van der Waals surface area contributed by atoms with E-state index >= 15 is 0 Å². The maximum Gasteiger partial charge on any atom is 0.246 e. The van der Waals surface area contributed by atoms with Gasteiger partial charge >= 0.3 is 0 Å². The first-order chi connectivity index (χ1) is 9.27. The van der Waals surface area contributed by atoms with E-state index in [-0.39, 0.29) is 28.3 Å². The molecule has 0 saturated carbocycles. The van der Waals surface area contributed by atoms with Crippen LogP contribution >= 0.6 is 27.5 Å². The largest absolute Gasteiger partial charge is 0.395 e. The number of hydrogen-bond donors (Lipinski definition) is 1. The van der Waals surface area contributed by atoms with Gasteiger partial charge in [-0.05, 0) is 22.0 Å². The number of nitrogens with zero attached hydrogens (tertiary/aromatic N) is 1. The van der Waals surface area contributed by atoms with Crippen molar-refractivity contribution in [3.8, 4) is 0 Å². The Kier molecular flexibility index (Phi) is 5.76. The molecule has 0 radical (unpaired) electrons. The maximum atomic E-state index is 14.1. The molecule has 0 aliphatic carbocycles. The first-order valence-electron chi connectivity index (χ1n) is 5.42. The zero-order valence-electron chi connectivity index (χ0n) is 10.4. The Labute approximate surface area is 130 Å². The summed E-state index contributed by atoms with van der Waals surface area (Å²) in [4.78, 5) is -0.577. The van der Waals surface area contributed by atoms with Crippen molar-refractivity contribution < 1.29 is 12.8 Å². The zero-order valence-corrected chi connectivity index (χ0v) is 13.6. The van der Waals surface area contributed by atoms with Gasteiger partial charge < -0.3 is 5.73 Å². The number of rotatable bonds is 6. The molecule has 0 unspecified atom stereocenters. The van der Waals surface area contributed by atoms with Crippen molar-refractivity contribution in [1.82, 2.24) is 4.31 Å². The van der Waals surface area contributed by atoms with Crippen molar-refractivity contribution in [3.63, 3.8) is 0 Å². The third kappa shape index (κ3) is 3.22. The topological polar surface area (TPSA) is 63.4 Å². The van der Waals surface area contributed by atoms with Gasteiger partial charge in [-0.3, -0.25) is 0 Å². The van der Waals surface area contributed by atoms with Crippen LogP contribution in [0.3, 0.4) is 0 Å². The minimum absolute atomic E-state index is 0.0135. The van der Waals surface area contributed by atoms with Gasteiger partial charge in [0.05, 0.1) is 15.2 Å². The van der Waals surface area contributed by atoms with E-state index in [0.29, 0.717) is 0 Å². The number of nitrogen functional groups attached to an aromatic ring is 1. The monoisotopic (exact) mass is 382 g/mol. The smallest absolute Gasteiger partial charge is 0.246 e. The van der Waals surface area contributed by atoms with Crippen molar-refractivity contribution in [2.75, 3.05) is 18.8 Å². The highest BCUT2D eigenvalue weighted by atomic mass is 79.9. The van der Waals surface area contributed by atoms with E-state index in [2.05, 4.69) is 29.1 Å². The van der Waals surface area contributed by atoms with Crippen molar-refractivity contribution in [2.24, 2.45) is 0 Å². The fraction of sp³-hybridized carbons (Fsp3) is 0.167. The minimum atomic E-state index is -4.09. The van der Waals surface area contributed by atoms with Gasteiger partial charge in [-0.2, -0.15) is 4.31 Å². The average molecular weight is 384 g/mol. The Morgan fingerprint density at radius 3 is 2.35 bits per heavy atom. The second kappa shape index (κ2) is 6.71. The van der Waals surface area contributed by atoms with Crippen LogP contribution in [-0.4, -0.2) is 25.8 Å². The van der Waals surface area contributed by atoms with Gasteiger partial charge in [0.25, 0.3) is 0 Å². The number of nitrogens with two attached hydrogens (primary N) is 1. The molecule has 0 fully saturated rings. The van der Waals surface area contributed by atoms with Crippen LogP contribution in [0.4, 0.5) is 10.1 Å². The average Bonchev–Trinajstić information content (AvgIpc) is 2.40. The van der Waals surface area contributed by atoms with Gasteiger partial charge in [-0.1, -0.05) is 23.8 Å². The molecule has 20 heavy (non-hydrogen) atoms. The summed E-state index contributed by atoms with van der Waals surface area (Å²) < 4.78 is 40.1. The molecule has 0 saturated heterocycles. The molecule has 4 nitrogen and oxygen atoms in total. The van der Waals surface area contributed by atoms with E-state index in [1.165, 1.54) is 12.2 Å². The van der Waals surface area contributed by atoms with Crippen LogP contribution in [0.25, 0.3) is 0 Å².